The summed E-state index contributed by atoms with van der Waals surface area (Å²) in [7, 11) is -4.46. The van der Waals surface area contributed by atoms with Crippen LogP contribution in [-0.2, 0) is 21.0 Å². The van der Waals surface area contributed by atoms with Crippen LogP contribution in [0.2, 0.25) is 5.02 Å². The summed E-state index contributed by atoms with van der Waals surface area (Å²) in [5.41, 5.74) is 4.81. The summed E-state index contributed by atoms with van der Waals surface area (Å²) in [5.74, 6) is -0.869. The van der Waals surface area contributed by atoms with E-state index < -0.39 is 39.2 Å². The minimum atomic E-state index is -4.85. The molecule has 0 aliphatic carbocycles. The van der Waals surface area contributed by atoms with E-state index in [1.807, 2.05) is 48.7 Å². The quantitative estimate of drug-likeness (QED) is 0.158. The first-order chi connectivity index (χ1) is 19.7. The number of carbonyl (C=O) groups is 1. The number of benzene rings is 3. The number of hydrogen-bond donors (Lipinski definition) is 1. The fraction of sp³-hybridized carbons (Fsp3) is 0.172. The molecule has 1 N–H and O–H groups in total. The average molecular weight is 682 g/mol. The van der Waals surface area contributed by atoms with Crippen molar-refractivity contribution in [1.29, 1.82) is 0 Å². The summed E-state index contributed by atoms with van der Waals surface area (Å²) in [5, 5.41) is 3.38. The number of amides is 1. The third kappa shape index (κ3) is 6.88. The zero-order chi connectivity index (χ0) is 30.8. The third-order valence-electron chi connectivity index (χ3n) is 6.37. The zero-order valence-electron chi connectivity index (χ0n) is 22.6. The molecular formula is C29H25BrClF3N4O3S. The van der Waals surface area contributed by atoms with Crippen LogP contribution in [0, 0.1) is 20.8 Å². The van der Waals surface area contributed by atoms with Crippen LogP contribution in [0.4, 0.5) is 18.9 Å². The molecule has 1 heterocycles. The molecule has 0 fully saturated rings. The lowest BCUT2D eigenvalue weighted by Gasteiger charge is -2.25. The van der Waals surface area contributed by atoms with Crippen molar-refractivity contribution < 1.29 is 26.4 Å². The second-order valence-electron chi connectivity index (χ2n) is 9.42. The monoisotopic (exact) mass is 680 g/mol. The number of aromatic nitrogens is 1. The maximum absolute atomic E-state index is 13.6. The molecule has 0 saturated carbocycles. The summed E-state index contributed by atoms with van der Waals surface area (Å²) in [6.45, 7) is 4.71. The molecular weight excluding hydrogens is 657 g/mol. The first kappa shape index (κ1) is 31.3. The molecule has 1 amide bonds. The predicted molar refractivity (Wildman–Crippen MR) is 161 cm³/mol. The first-order valence-electron chi connectivity index (χ1n) is 12.4. The van der Waals surface area contributed by atoms with Crippen LogP contribution in [0.5, 0.6) is 0 Å². The van der Waals surface area contributed by atoms with Crippen molar-refractivity contribution in [2.75, 3.05) is 10.8 Å². The van der Waals surface area contributed by atoms with Gasteiger partial charge in [-0.1, -0.05) is 51.3 Å². The number of sulfonamides is 1. The number of anilines is 1. The summed E-state index contributed by atoms with van der Waals surface area (Å²) in [6, 6.07) is 17.9. The molecule has 0 bridgehead atoms. The Morgan fingerprint density at radius 3 is 2.38 bits per heavy atom. The van der Waals surface area contributed by atoms with Gasteiger partial charge in [-0.3, -0.25) is 9.10 Å². The van der Waals surface area contributed by atoms with Crippen LogP contribution in [-0.4, -0.2) is 31.7 Å². The number of hydrazone groups is 1. The molecule has 0 saturated heterocycles. The molecule has 0 spiro atoms. The maximum Gasteiger partial charge on any atom is 0.417 e. The highest BCUT2D eigenvalue weighted by molar-refractivity contribution is 9.10. The molecule has 0 aliphatic rings. The van der Waals surface area contributed by atoms with E-state index in [1.54, 1.807) is 19.1 Å². The second kappa shape index (κ2) is 12.3. The van der Waals surface area contributed by atoms with Crippen molar-refractivity contribution in [3.05, 3.63) is 110 Å². The van der Waals surface area contributed by atoms with Crippen molar-refractivity contribution in [2.45, 2.75) is 31.8 Å². The van der Waals surface area contributed by atoms with Crippen molar-refractivity contribution >= 4 is 55.4 Å². The Kier molecular flexibility index (Phi) is 9.19. The number of rotatable bonds is 8. The molecule has 0 atom stereocenters. The molecule has 220 valence electrons. The summed E-state index contributed by atoms with van der Waals surface area (Å²) in [6.07, 6.45) is -3.43. The molecule has 3 aromatic carbocycles. The highest BCUT2D eigenvalue weighted by Gasteiger charge is 2.35. The van der Waals surface area contributed by atoms with E-state index in [4.69, 9.17) is 11.6 Å². The van der Waals surface area contributed by atoms with Crippen LogP contribution >= 0.6 is 27.5 Å². The number of carbonyl (C=O) groups excluding carboxylic acids is 1. The highest BCUT2D eigenvalue weighted by atomic mass is 79.9. The lowest BCUT2D eigenvalue weighted by atomic mass is 10.2. The molecule has 7 nitrogen and oxygen atoms in total. The Hall–Kier alpha value is -3.61. The molecule has 13 heteroatoms. The van der Waals surface area contributed by atoms with E-state index in [0.29, 0.717) is 15.9 Å². The van der Waals surface area contributed by atoms with Gasteiger partial charge in [-0.05, 0) is 75.4 Å². The molecule has 0 aliphatic heterocycles. The largest absolute Gasteiger partial charge is 0.417 e. The number of nitrogens with one attached hydrogen (secondary N) is 1. The van der Waals surface area contributed by atoms with Gasteiger partial charge in [-0.2, -0.15) is 18.3 Å². The van der Waals surface area contributed by atoms with Crippen molar-refractivity contribution in [3.63, 3.8) is 0 Å². The van der Waals surface area contributed by atoms with E-state index in [2.05, 4.69) is 26.5 Å². The lowest BCUT2D eigenvalue weighted by Crippen LogP contribution is -2.39. The van der Waals surface area contributed by atoms with Gasteiger partial charge in [0.2, 0.25) is 0 Å². The van der Waals surface area contributed by atoms with Gasteiger partial charge in [-0.15, -0.1) is 0 Å². The first-order valence-corrected chi connectivity index (χ1v) is 15.0. The van der Waals surface area contributed by atoms with E-state index in [9.17, 15) is 26.4 Å². The van der Waals surface area contributed by atoms with Crippen molar-refractivity contribution in [1.82, 2.24) is 9.99 Å². The van der Waals surface area contributed by atoms with Crippen LogP contribution < -0.4 is 9.73 Å². The van der Waals surface area contributed by atoms with E-state index >= 15 is 0 Å². The van der Waals surface area contributed by atoms with E-state index in [-0.39, 0.29) is 10.6 Å². The van der Waals surface area contributed by atoms with Crippen LogP contribution in [0.3, 0.4) is 0 Å². The topological polar surface area (TPSA) is 83.8 Å². The SMILES string of the molecule is Cc1ccc(S(=O)(=O)N(CC(=O)N/N=C\c2cc(C)n(-c3cccc(Br)c3)c2C)c2ccc(Cl)c(C(F)(F)F)c2)cc1. The molecule has 42 heavy (non-hydrogen) atoms. The van der Waals surface area contributed by atoms with Crippen molar-refractivity contribution in [3.8, 4) is 5.69 Å². The van der Waals surface area contributed by atoms with Gasteiger partial charge in [0.25, 0.3) is 15.9 Å². The smallest absolute Gasteiger partial charge is 0.318 e. The Balaban J connectivity index is 1.62. The fourth-order valence-electron chi connectivity index (χ4n) is 4.31. The summed E-state index contributed by atoms with van der Waals surface area (Å²) < 4.78 is 71.3. The average Bonchev–Trinajstić information content (AvgIpc) is 3.19. The number of hydrogen-bond acceptors (Lipinski definition) is 4. The van der Waals surface area contributed by atoms with Gasteiger partial charge in [-0.25, -0.2) is 13.8 Å². The van der Waals surface area contributed by atoms with Gasteiger partial charge in [0, 0.05) is 27.1 Å². The lowest BCUT2D eigenvalue weighted by molar-refractivity contribution is -0.137. The Labute approximate surface area is 254 Å². The van der Waals surface area contributed by atoms with E-state index in [1.165, 1.54) is 18.3 Å². The standard InChI is InChI=1S/C29H25BrClF3N4O3S/c1-18-7-10-25(11-8-18)42(40,41)37(23-9-12-27(31)26(15-23)29(32,33)34)17-28(39)36-35-16-21-13-19(2)38(20(21)3)24-6-4-5-22(30)14-24/h4-16H,17H2,1-3H3,(H,36,39)/b35-16-. The number of alkyl halides is 3. The minimum absolute atomic E-state index is 0.201. The van der Waals surface area contributed by atoms with Gasteiger partial charge in [0.1, 0.15) is 6.54 Å². The number of aryl methyl sites for hydroxylation is 2. The predicted octanol–water partition coefficient (Wildman–Crippen LogP) is 7.18. The molecule has 0 radical (unpaired) electrons. The van der Waals surface area contributed by atoms with E-state index in [0.717, 1.165) is 39.2 Å². The van der Waals surface area contributed by atoms with Gasteiger partial charge < -0.3 is 4.57 Å². The van der Waals surface area contributed by atoms with Crippen molar-refractivity contribution in [2.24, 2.45) is 5.10 Å². The Bertz CT molecular complexity index is 1770. The Morgan fingerprint density at radius 2 is 1.74 bits per heavy atom. The van der Waals surface area contributed by atoms with Crippen LogP contribution in [0.1, 0.15) is 28.1 Å². The summed E-state index contributed by atoms with van der Waals surface area (Å²) >= 11 is 9.21. The Morgan fingerprint density at radius 1 is 1.05 bits per heavy atom. The normalized spacial score (nSPS) is 12.1. The summed E-state index contributed by atoms with van der Waals surface area (Å²) in [4.78, 5) is 12.7. The minimum Gasteiger partial charge on any atom is -0.318 e. The zero-order valence-corrected chi connectivity index (χ0v) is 25.7. The molecule has 0 unspecified atom stereocenters. The van der Waals surface area contributed by atoms with Gasteiger partial charge in [0.15, 0.2) is 0 Å². The van der Waals surface area contributed by atoms with Gasteiger partial charge >= 0.3 is 6.18 Å². The van der Waals surface area contributed by atoms with Gasteiger partial charge in [0.05, 0.1) is 27.4 Å². The van der Waals surface area contributed by atoms with Crippen LogP contribution in [0.15, 0.2) is 87.3 Å². The molecule has 4 rings (SSSR count). The molecule has 4 aromatic rings. The second-order valence-corrected chi connectivity index (χ2v) is 12.6. The fourth-order valence-corrected chi connectivity index (χ4v) is 6.33. The number of halogens is 5. The molecule has 1 aromatic heterocycles. The maximum atomic E-state index is 13.6. The number of nitrogens with zero attached hydrogens (tertiary/aromatic N) is 3. The third-order valence-corrected chi connectivity index (χ3v) is 8.98. The highest BCUT2D eigenvalue weighted by Crippen LogP contribution is 2.38. The van der Waals surface area contributed by atoms with Crippen LogP contribution in [0.25, 0.3) is 5.69 Å².